The summed E-state index contributed by atoms with van der Waals surface area (Å²) in [4.78, 5) is 13.6. The highest BCUT2D eigenvalue weighted by Gasteiger charge is 2.26. The van der Waals surface area contributed by atoms with Gasteiger partial charge in [0.05, 0.1) is 0 Å². The Kier molecular flexibility index (Phi) is 4.35. The van der Waals surface area contributed by atoms with Gasteiger partial charge in [0.2, 0.25) is 0 Å². The third-order valence-corrected chi connectivity index (χ3v) is 2.36. The first-order valence-corrected chi connectivity index (χ1v) is 5.74. The Morgan fingerprint density at radius 3 is 2.88 bits per heavy atom. The normalized spacial score (nSPS) is 21.7. The number of carbonyl (C=O) groups excluding carboxylic acids is 1. The van der Waals surface area contributed by atoms with Gasteiger partial charge >= 0.3 is 6.09 Å². The maximum absolute atomic E-state index is 11.8. The summed E-state index contributed by atoms with van der Waals surface area (Å²) >= 11 is 0. The molecule has 0 aromatic carbocycles. The van der Waals surface area contributed by atoms with Crippen molar-refractivity contribution in [1.29, 1.82) is 0 Å². The van der Waals surface area contributed by atoms with Crippen LogP contribution in [0.15, 0.2) is 12.7 Å². The smallest absolute Gasteiger partial charge is 0.410 e. The average Bonchev–Trinajstić information content (AvgIpc) is 2.16. The Morgan fingerprint density at radius 2 is 2.31 bits per heavy atom. The number of hydrogen-bond acceptors (Lipinski definition) is 3. The van der Waals surface area contributed by atoms with Crippen molar-refractivity contribution in [3.05, 3.63) is 12.7 Å². The summed E-state index contributed by atoms with van der Waals surface area (Å²) < 4.78 is 5.34. The summed E-state index contributed by atoms with van der Waals surface area (Å²) in [6.07, 6.45) is 2.53. The molecular weight excluding hydrogens is 204 g/mol. The molecule has 1 aliphatic heterocycles. The third-order valence-electron chi connectivity index (χ3n) is 2.36. The van der Waals surface area contributed by atoms with E-state index in [1.54, 1.807) is 4.90 Å². The fourth-order valence-corrected chi connectivity index (χ4v) is 1.68. The maximum atomic E-state index is 11.8. The zero-order chi connectivity index (χ0) is 12.2. The van der Waals surface area contributed by atoms with E-state index in [4.69, 9.17) is 4.74 Å². The van der Waals surface area contributed by atoms with Gasteiger partial charge in [-0.05, 0) is 27.2 Å². The first-order valence-electron chi connectivity index (χ1n) is 5.74. The minimum absolute atomic E-state index is 0.219. The molecule has 4 heteroatoms. The summed E-state index contributed by atoms with van der Waals surface area (Å²) in [7, 11) is 0. The molecule has 1 rings (SSSR count). The summed E-state index contributed by atoms with van der Waals surface area (Å²) in [5.41, 5.74) is -0.421. The highest BCUT2D eigenvalue weighted by atomic mass is 16.6. The van der Waals surface area contributed by atoms with Gasteiger partial charge in [0.25, 0.3) is 0 Å². The Bertz CT molecular complexity index is 258. The van der Waals surface area contributed by atoms with E-state index >= 15 is 0 Å². The fourth-order valence-electron chi connectivity index (χ4n) is 1.68. The van der Waals surface area contributed by atoms with Crippen molar-refractivity contribution in [2.75, 3.05) is 19.6 Å². The summed E-state index contributed by atoms with van der Waals surface area (Å²) in [5.74, 6) is 0. The molecule has 1 atom stereocenters. The summed E-state index contributed by atoms with van der Waals surface area (Å²) in [6, 6.07) is 0.304. The van der Waals surface area contributed by atoms with Crippen LogP contribution in [0.2, 0.25) is 0 Å². The lowest BCUT2D eigenvalue weighted by Crippen LogP contribution is -2.53. The molecule has 1 amide bonds. The minimum Gasteiger partial charge on any atom is -0.444 e. The van der Waals surface area contributed by atoms with Gasteiger partial charge in [-0.15, -0.1) is 6.58 Å². The molecule has 1 N–H and O–H groups in total. The molecule has 0 radical (unpaired) electrons. The van der Waals surface area contributed by atoms with Crippen LogP contribution < -0.4 is 5.32 Å². The standard InChI is InChI=1S/C12H22N2O2/c1-5-6-10-9-14(8-7-13-10)11(15)16-12(2,3)4/h5,10,13H,1,6-9H2,2-4H3/t10-/m1/s1. The molecule has 0 aromatic rings. The van der Waals surface area contributed by atoms with E-state index in [-0.39, 0.29) is 6.09 Å². The number of ether oxygens (including phenoxy) is 1. The van der Waals surface area contributed by atoms with Crippen LogP contribution in [0.25, 0.3) is 0 Å². The number of piperazine rings is 1. The van der Waals surface area contributed by atoms with Gasteiger partial charge in [-0.25, -0.2) is 4.79 Å². The van der Waals surface area contributed by atoms with Gasteiger partial charge in [-0.3, -0.25) is 0 Å². The molecule has 0 aliphatic carbocycles. The van der Waals surface area contributed by atoms with Crippen LogP contribution in [0.3, 0.4) is 0 Å². The molecule has 16 heavy (non-hydrogen) atoms. The number of carbonyl (C=O) groups is 1. The maximum Gasteiger partial charge on any atom is 0.410 e. The summed E-state index contributed by atoms with van der Waals surface area (Å²) in [6.45, 7) is 11.6. The second kappa shape index (κ2) is 5.34. The van der Waals surface area contributed by atoms with Gasteiger partial charge in [0, 0.05) is 25.7 Å². The molecule has 92 valence electrons. The summed E-state index contributed by atoms with van der Waals surface area (Å²) in [5, 5.41) is 3.35. The Morgan fingerprint density at radius 1 is 1.62 bits per heavy atom. The highest BCUT2D eigenvalue weighted by Crippen LogP contribution is 2.12. The minimum atomic E-state index is -0.421. The number of amides is 1. The van der Waals surface area contributed by atoms with E-state index in [9.17, 15) is 4.79 Å². The molecule has 0 bridgehead atoms. The van der Waals surface area contributed by atoms with E-state index in [2.05, 4.69) is 11.9 Å². The zero-order valence-electron chi connectivity index (χ0n) is 10.5. The average molecular weight is 226 g/mol. The number of nitrogens with one attached hydrogen (secondary N) is 1. The van der Waals surface area contributed by atoms with Crippen molar-refractivity contribution in [3.8, 4) is 0 Å². The van der Waals surface area contributed by atoms with Gasteiger partial charge in [-0.1, -0.05) is 6.08 Å². The number of rotatable bonds is 2. The van der Waals surface area contributed by atoms with Crippen molar-refractivity contribution in [2.24, 2.45) is 0 Å². The molecule has 0 saturated carbocycles. The highest BCUT2D eigenvalue weighted by molar-refractivity contribution is 5.68. The van der Waals surface area contributed by atoms with Crippen LogP contribution >= 0.6 is 0 Å². The van der Waals surface area contributed by atoms with Crippen molar-refractivity contribution in [2.45, 2.75) is 38.8 Å². The van der Waals surface area contributed by atoms with Crippen LogP contribution in [-0.4, -0.2) is 42.3 Å². The SMILES string of the molecule is C=CC[C@@H]1CN(C(=O)OC(C)(C)C)CCN1. The Balaban J connectivity index is 2.47. The molecule has 4 nitrogen and oxygen atoms in total. The lowest BCUT2D eigenvalue weighted by atomic mass is 10.1. The van der Waals surface area contributed by atoms with Crippen LogP contribution in [0.4, 0.5) is 4.79 Å². The topological polar surface area (TPSA) is 41.6 Å². The monoisotopic (exact) mass is 226 g/mol. The van der Waals surface area contributed by atoms with Crippen molar-refractivity contribution in [3.63, 3.8) is 0 Å². The van der Waals surface area contributed by atoms with E-state index in [1.807, 2.05) is 26.8 Å². The molecule has 1 aliphatic rings. The van der Waals surface area contributed by atoms with E-state index in [1.165, 1.54) is 0 Å². The van der Waals surface area contributed by atoms with Gasteiger partial charge < -0.3 is 15.0 Å². The van der Waals surface area contributed by atoms with Crippen molar-refractivity contribution in [1.82, 2.24) is 10.2 Å². The Labute approximate surface area is 97.6 Å². The second-order valence-electron chi connectivity index (χ2n) is 5.10. The van der Waals surface area contributed by atoms with E-state index in [0.29, 0.717) is 19.1 Å². The molecule has 1 saturated heterocycles. The molecule has 0 aromatic heterocycles. The number of nitrogens with zero attached hydrogens (tertiary/aromatic N) is 1. The van der Waals surface area contributed by atoms with Crippen LogP contribution in [0.1, 0.15) is 27.2 Å². The molecule has 1 fully saturated rings. The van der Waals surface area contributed by atoms with E-state index in [0.717, 1.165) is 13.0 Å². The predicted octanol–water partition coefficient (Wildman–Crippen LogP) is 1.77. The van der Waals surface area contributed by atoms with Crippen molar-refractivity contribution < 1.29 is 9.53 Å². The largest absolute Gasteiger partial charge is 0.444 e. The first kappa shape index (κ1) is 13.0. The van der Waals surface area contributed by atoms with Crippen molar-refractivity contribution >= 4 is 6.09 Å². The molecular formula is C12H22N2O2. The second-order valence-corrected chi connectivity index (χ2v) is 5.10. The van der Waals surface area contributed by atoms with Gasteiger partial charge in [0.15, 0.2) is 0 Å². The van der Waals surface area contributed by atoms with E-state index < -0.39 is 5.60 Å². The Hall–Kier alpha value is -1.03. The quantitative estimate of drug-likeness (QED) is 0.730. The predicted molar refractivity (Wildman–Crippen MR) is 64.4 cm³/mol. The van der Waals surface area contributed by atoms with Crippen LogP contribution in [-0.2, 0) is 4.74 Å². The lowest BCUT2D eigenvalue weighted by Gasteiger charge is -2.34. The van der Waals surface area contributed by atoms with Gasteiger partial charge in [0.1, 0.15) is 5.60 Å². The molecule has 1 heterocycles. The zero-order valence-corrected chi connectivity index (χ0v) is 10.5. The van der Waals surface area contributed by atoms with Crippen LogP contribution in [0, 0.1) is 0 Å². The third kappa shape index (κ3) is 4.23. The first-order chi connectivity index (χ1) is 7.42. The number of hydrogen-bond donors (Lipinski definition) is 1. The lowest BCUT2D eigenvalue weighted by molar-refractivity contribution is 0.0196. The molecule has 0 spiro atoms. The molecule has 0 unspecified atom stereocenters. The van der Waals surface area contributed by atoms with Crippen LogP contribution in [0.5, 0.6) is 0 Å². The van der Waals surface area contributed by atoms with Gasteiger partial charge in [-0.2, -0.15) is 0 Å². The fraction of sp³-hybridized carbons (Fsp3) is 0.750.